The molecule has 106 valence electrons. The van der Waals surface area contributed by atoms with Crippen LogP contribution in [0.5, 0.6) is 0 Å². The van der Waals surface area contributed by atoms with E-state index in [4.69, 9.17) is 0 Å². The molecule has 0 atom stereocenters. The largest absolute Gasteiger partial charge is 0.213 e. The molecular formula is C20H22N+. The van der Waals surface area contributed by atoms with Crippen LogP contribution in [0, 0.1) is 13.8 Å². The minimum absolute atomic E-state index is 1.08. The number of nitrogens with zero attached hydrogens (tertiary/aromatic N) is 1. The quantitative estimate of drug-likeness (QED) is 0.606. The Morgan fingerprint density at radius 1 is 0.905 bits per heavy atom. The maximum absolute atomic E-state index is 2.30. The molecule has 2 aromatic carbocycles. The van der Waals surface area contributed by atoms with Crippen LogP contribution >= 0.6 is 0 Å². The zero-order chi connectivity index (χ0) is 15.0. The van der Waals surface area contributed by atoms with Gasteiger partial charge in [0.1, 0.15) is 7.05 Å². The Morgan fingerprint density at radius 3 is 2.48 bits per heavy atom. The van der Waals surface area contributed by atoms with Gasteiger partial charge in [-0.15, -0.1) is 0 Å². The van der Waals surface area contributed by atoms with Crippen molar-refractivity contribution in [2.75, 3.05) is 0 Å². The van der Waals surface area contributed by atoms with E-state index in [1.165, 1.54) is 38.9 Å². The minimum atomic E-state index is 1.08. The van der Waals surface area contributed by atoms with Crippen LogP contribution in [0.25, 0.3) is 22.2 Å². The first kappa shape index (κ1) is 13.8. The van der Waals surface area contributed by atoms with E-state index in [9.17, 15) is 0 Å². The van der Waals surface area contributed by atoms with E-state index < -0.39 is 0 Å². The molecule has 0 aliphatic rings. The Labute approximate surface area is 126 Å². The summed E-state index contributed by atoms with van der Waals surface area (Å²) in [7, 11) is 2.16. The van der Waals surface area contributed by atoms with E-state index in [0.29, 0.717) is 0 Å². The summed E-state index contributed by atoms with van der Waals surface area (Å²) in [6.45, 7) is 6.53. The molecule has 0 aliphatic carbocycles. The van der Waals surface area contributed by atoms with Crippen molar-refractivity contribution in [2.45, 2.75) is 27.2 Å². The summed E-state index contributed by atoms with van der Waals surface area (Å²) in [5.41, 5.74) is 7.89. The van der Waals surface area contributed by atoms with Crippen molar-refractivity contribution in [3.8, 4) is 11.3 Å². The third-order valence-electron chi connectivity index (χ3n) is 4.31. The van der Waals surface area contributed by atoms with Gasteiger partial charge >= 0.3 is 0 Å². The monoisotopic (exact) mass is 276 g/mol. The van der Waals surface area contributed by atoms with E-state index in [1.807, 2.05) is 0 Å². The summed E-state index contributed by atoms with van der Waals surface area (Å²) in [5, 5.41) is 1.31. The Hall–Kier alpha value is -2.15. The lowest BCUT2D eigenvalue weighted by Gasteiger charge is -2.08. The molecule has 0 spiro atoms. The van der Waals surface area contributed by atoms with Gasteiger partial charge in [0.15, 0.2) is 0 Å². The molecule has 3 rings (SSSR count). The first-order valence-electron chi connectivity index (χ1n) is 7.59. The van der Waals surface area contributed by atoms with Gasteiger partial charge in [0.25, 0.3) is 0 Å². The van der Waals surface area contributed by atoms with Crippen molar-refractivity contribution >= 4 is 10.9 Å². The number of hydrogen-bond donors (Lipinski definition) is 0. The molecule has 0 unspecified atom stereocenters. The van der Waals surface area contributed by atoms with Gasteiger partial charge in [0.2, 0.25) is 11.2 Å². The number of hydrogen-bond acceptors (Lipinski definition) is 0. The van der Waals surface area contributed by atoms with Crippen molar-refractivity contribution in [1.82, 2.24) is 0 Å². The zero-order valence-corrected chi connectivity index (χ0v) is 13.3. The van der Waals surface area contributed by atoms with Crippen LogP contribution in [-0.2, 0) is 13.5 Å². The van der Waals surface area contributed by atoms with Gasteiger partial charge in [-0.25, -0.2) is 0 Å². The highest BCUT2D eigenvalue weighted by molar-refractivity contribution is 5.78. The molecule has 0 saturated carbocycles. The summed E-state index contributed by atoms with van der Waals surface area (Å²) < 4.78 is 2.30. The van der Waals surface area contributed by atoms with Crippen LogP contribution in [0.2, 0.25) is 0 Å². The normalized spacial score (nSPS) is 11.0. The number of aromatic nitrogens is 1. The fourth-order valence-electron chi connectivity index (χ4n) is 2.96. The van der Waals surface area contributed by atoms with Crippen LogP contribution in [0.1, 0.15) is 23.6 Å². The van der Waals surface area contributed by atoms with Gasteiger partial charge in [-0.05, 0) is 49.6 Å². The van der Waals surface area contributed by atoms with Crippen LogP contribution < -0.4 is 4.57 Å². The van der Waals surface area contributed by atoms with Crippen molar-refractivity contribution in [3.05, 3.63) is 65.2 Å². The molecule has 3 aromatic rings. The maximum Gasteiger partial charge on any atom is 0.213 e. The first-order valence-corrected chi connectivity index (χ1v) is 7.59. The molecule has 0 saturated heterocycles. The lowest BCUT2D eigenvalue weighted by atomic mass is 10.0. The molecule has 0 radical (unpaired) electrons. The number of benzene rings is 2. The van der Waals surface area contributed by atoms with Crippen molar-refractivity contribution in [3.63, 3.8) is 0 Å². The van der Waals surface area contributed by atoms with Crippen molar-refractivity contribution in [2.24, 2.45) is 7.05 Å². The molecular weight excluding hydrogens is 254 g/mol. The third-order valence-corrected chi connectivity index (χ3v) is 4.31. The summed E-state index contributed by atoms with van der Waals surface area (Å²) >= 11 is 0. The predicted octanol–water partition coefficient (Wildman–Crippen LogP) is 4.51. The van der Waals surface area contributed by atoms with Gasteiger partial charge in [-0.2, -0.15) is 4.57 Å². The van der Waals surface area contributed by atoms with Crippen LogP contribution in [-0.4, -0.2) is 0 Å². The molecule has 1 heterocycles. The summed E-state index contributed by atoms with van der Waals surface area (Å²) in [4.78, 5) is 0. The van der Waals surface area contributed by atoms with Gasteiger partial charge in [-0.3, -0.25) is 0 Å². The van der Waals surface area contributed by atoms with E-state index >= 15 is 0 Å². The second kappa shape index (κ2) is 5.33. The fraction of sp³-hybridized carbons (Fsp3) is 0.250. The predicted molar refractivity (Wildman–Crippen MR) is 89.4 cm³/mol. The highest BCUT2D eigenvalue weighted by atomic mass is 14.9. The summed E-state index contributed by atoms with van der Waals surface area (Å²) in [5.74, 6) is 0. The molecule has 1 aromatic heterocycles. The number of pyridine rings is 1. The van der Waals surface area contributed by atoms with E-state index in [-0.39, 0.29) is 0 Å². The van der Waals surface area contributed by atoms with Crippen LogP contribution in [0.15, 0.2) is 48.5 Å². The Balaban J connectivity index is 2.25. The number of aryl methyl sites for hydroxylation is 4. The van der Waals surface area contributed by atoms with Crippen LogP contribution in [0.3, 0.4) is 0 Å². The van der Waals surface area contributed by atoms with Gasteiger partial charge in [0, 0.05) is 23.1 Å². The zero-order valence-electron chi connectivity index (χ0n) is 13.3. The lowest BCUT2D eigenvalue weighted by molar-refractivity contribution is -0.633. The van der Waals surface area contributed by atoms with Crippen molar-refractivity contribution < 1.29 is 4.57 Å². The Morgan fingerprint density at radius 2 is 1.71 bits per heavy atom. The standard InChI is InChI=1S/C20H22N/c1-5-16-8-10-19-17(13-16)9-11-20(21(19)4)18-12-14(2)6-7-15(18)3/h6-13H,5H2,1-4H3/q+1. The Kier molecular flexibility index (Phi) is 3.50. The lowest BCUT2D eigenvalue weighted by Crippen LogP contribution is -2.32. The molecule has 0 aliphatic heterocycles. The second-order valence-corrected chi connectivity index (χ2v) is 5.84. The molecule has 1 heteroatoms. The molecule has 0 amide bonds. The highest BCUT2D eigenvalue weighted by Crippen LogP contribution is 2.24. The third kappa shape index (κ3) is 2.44. The van der Waals surface area contributed by atoms with Gasteiger partial charge in [-0.1, -0.05) is 30.7 Å². The SMILES string of the molecule is CCc1ccc2c(ccc(-c3cc(C)ccc3C)[n+]2C)c1. The average Bonchev–Trinajstić information content (AvgIpc) is 2.50. The number of rotatable bonds is 2. The summed E-state index contributed by atoms with van der Waals surface area (Å²) in [6.07, 6.45) is 1.08. The molecule has 0 N–H and O–H groups in total. The highest BCUT2D eigenvalue weighted by Gasteiger charge is 2.15. The second-order valence-electron chi connectivity index (χ2n) is 5.84. The number of fused-ring (bicyclic) bond motifs is 1. The van der Waals surface area contributed by atoms with Gasteiger partial charge in [0.05, 0.1) is 0 Å². The minimum Gasteiger partial charge on any atom is -0.194 e. The fourth-order valence-corrected chi connectivity index (χ4v) is 2.96. The van der Waals surface area contributed by atoms with Gasteiger partial charge < -0.3 is 0 Å². The Bertz CT molecular complexity index is 815. The molecule has 21 heavy (non-hydrogen) atoms. The first-order chi connectivity index (χ1) is 10.1. The molecule has 0 fully saturated rings. The maximum atomic E-state index is 2.30. The average molecular weight is 276 g/mol. The molecule has 0 bridgehead atoms. The van der Waals surface area contributed by atoms with Crippen molar-refractivity contribution in [1.29, 1.82) is 0 Å². The topological polar surface area (TPSA) is 3.88 Å². The smallest absolute Gasteiger partial charge is 0.194 e. The molecule has 1 nitrogen and oxygen atoms in total. The van der Waals surface area contributed by atoms with Crippen LogP contribution in [0.4, 0.5) is 0 Å². The van der Waals surface area contributed by atoms with E-state index in [1.54, 1.807) is 0 Å². The summed E-state index contributed by atoms with van der Waals surface area (Å²) in [6, 6.07) is 17.9. The van der Waals surface area contributed by atoms with E-state index in [0.717, 1.165) is 6.42 Å². The van der Waals surface area contributed by atoms with E-state index in [2.05, 4.69) is 80.9 Å².